The zero-order valence-electron chi connectivity index (χ0n) is 10.2. The first-order valence-electron chi connectivity index (χ1n) is 5.81. The Morgan fingerprint density at radius 3 is 2.00 bits per heavy atom. The summed E-state index contributed by atoms with van der Waals surface area (Å²) in [6.45, 7) is 0. The Bertz CT molecular complexity index is 601. The molecule has 0 fully saturated rings. The first kappa shape index (κ1) is 14.6. The number of halogens is 4. The van der Waals surface area contributed by atoms with Gasteiger partial charge in [-0.25, -0.2) is 0 Å². The molecule has 0 spiro atoms. The molecule has 0 aliphatic rings. The number of Topliss-reactive ketones (excluding diaryl/α,β-unsaturated/α-hetero) is 1. The van der Waals surface area contributed by atoms with Crippen LogP contribution in [0.5, 0.6) is 0 Å². The minimum absolute atomic E-state index is 0.0553. The van der Waals surface area contributed by atoms with E-state index in [0.717, 1.165) is 12.1 Å². The molecular weight excluding hydrogens is 289 g/mol. The van der Waals surface area contributed by atoms with E-state index in [4.69, 9.17) is 11.6 Å². The summed E-state index contributed by atoms with van der Waals surface area (Å²) in [7, 11) is 0. The molecule has 5 heteroatoms. The molecule has 0 bridgehead atoms. The quantitative estimate of drug-likeness (QED) is 0.745. The summed E-state index contributed by atoms with van der Waals surface area (Å²) in [5.74, 6) is -0.165. The molecule has 104 valence electrons. The van der Waals surface area contributed by atoms with Gasteiger partial charge in [-0.2, -0.15) is 13.2 Å². The molecule has 0 saturated heterocycles. The highest BCUT2D eigenvalue weighted by molar-refractivity contribution is 6.30. The minimum Gasteiger partial charge on any atom is -0.294 e. The number of benzene rings is 2. The predicted octanol–water partition coefficient (Wildman–Crippen LogP) is 4.78. The van der Waals surface area contributed by atoms with Crippen molar-refractivity contribution in [3.8, 4) is 0 Å². The Morgan fingerprint density at radius 1 is 0.950 bits per heavy atom. The van der Waals surface area contributed by atoms with Crippen molar-refractivity contribution >= 4 is 17.4 Å². The molecule has 0 aromatic heterocycles. The number of hydrogen-bond acceptors (Lipinski definition) is 1. The van der Waals surface area contributed by atoms with Crippen LogP contribution < -0.4 is 0 Å². The number of rotatable bonds is 3. The Balaban J connectivity index is 2.10. The van der Waals surface area contributed by atoms with Crippen LogP contribution in [0.3, 0.4) is 0 Å². The monoisotopic (exact) mass is 298 g/mol. The Labute approximate surface area is 119 Å². The fraction of sp³-hybridized carbons (Fsp3) is 0.133. The van der Waals surface area contributed by atoms with Crippen LogP contribution in [0.1, 0.15) is 21.5 Å². The normalized spacial score (nSPS) is 11.4. The molecule has 2 rings (SSSR count). The minimum atomic E-state index is -4.36. The van der Waals surface area contributed by atoms with Crippen LogP contribution in [0.4, 0.5) is 13.2 Å². The average molecular weight is 299 g/mol. The zero-order chi connectivity index (χ0) is 14.8. The van der Waals surface area contributed by atoms with Crippen LogP contribution in [-0.4, -0.2) is 5.78 Å². The van der Waals surface area contributed by atoms with E-state index in [1.807, 2.05) is 0 Å². The number of alkyl halides is 3. The largest absolute Gasteiger partial charge is 0.416 e. The molecule has 1 nitrogen and oxygen atoms in total. The van der Waals surface area contributed by atoms with Crippen molar-refractivity contribution in [1.82, 2.24) is 0 Å². The standard InChI is InChI=1S/C15H10ClF3O/c16-13-7-3-11(4-8-13)14(20)9-10-1-5-12(6-2-10)15(17,18)19/h1-8H,9H2. The van der Waals surface area contributed by atoms with Gasteiger partial charge in [0.25, 0.3) is 0 Å². The lowest BCUT2D eigenvalue weighted by atomic mass is 10.0. The lowest BCUT2D eigenvalue weighted by Gasteiger charge is -2.07. The molecule has 0 amide bonds. The summed E-state index contributed by atoms with van der Waals surface area (Å²) < 4.78 is 37.2. The summed E-state index contributed by atoms with van der Waals surface area (Å²) in [5.41, 5.74) is 0.299. The van der Waals surface area contributed by atoms with E-state index < -0.39 is 11.7 Å². The second-order valence-corrected chi connectivity index (χ2v) is 4.74. The first-order valence-corrected chi connectivity index (χ1v) is 6.19. The molecule has 0 heterocycles. The predicted molar refractivity (Wildman–Crippen MR) is 70.9 cm³/mol. The second kappa shape index (κ2) is 5.67. The molecule has 0 atom stereocenters. The van der Waals surface area contributed by atoms with Gasteiger partial charge in [0.15, 0.2) is 5.78 Å². The van der Waals surface area contributed by atoms with Crippen molar-refractivity contribution in [3.05, 3.63) is 70.2 Å². The van der Waals surface area contributed by atoms with Crippen LogP contribution >= 0.6 is 11.6 Å². The molecule has 0 saturated carbocycles. The van der Waals surface area contributed by atoms with Crippen LogP contribution in [-0.2, 0) is 12.6 Å². The molecule has 0 aliphatic carbocycles. The van der Waals surface area contributed by atoms with Crippen LogP contribution in [0.2, 0.25) is 5.02 Å². The maximum atomic E-state index is 12.4. The van der Waals surface area contributed by atoms with E-state index in [2.05, 4.69) is 0 Å². The third kappa shape index (κ3) is 3.61. The van der Waals surface area contributed by atoms with Gasteiger partial charge in [-0.1, -0.05) is 23.7 Å². The molecule has 0 N–H and O–H groups in total. The highest BCUT2D eigenvalue weighted by Gasteiger charge is 2.29. The third-order valence-corrected chi connectivity index (χ3v) is 3.06. The van der Waals surface area contributed by atoms with Gasteiger partial charge < -0.3 is 0 Å². The number of carbonyl (C=O) groups excluding carboxylic acids is 1. The molecule has 2 aromatic rings. The fourth-order valence-corrected chi connectivity index (χ4v) is 1.86. The van der Waals surface area contributed by atoms with Gasteiger partial charge in [0.2, 0.25) is 0 Å². The fourth-order valence-electron chi connectivity index (χ4n) is 1.73. The Morgan fingerprint density at radius 2 is 1.50 bits per heavy atom. The number of hydrogen-bond donors (Lipinski definition) is 0. The topological polar surface area (TPSA) is 17.1 Å². The molecule has 2 aromatic carbocycles. The zero-order valence-corrected chi connectivity index (χ0v) is 11.0. The van der Waals surface area contributed by atoms with Gasteiger partial charge in [0, 0.05) is 17.0 Å². The first-order chi connectivity index (χ1) is 9.36. The van der Waals surface area contributed by atoms with Crippen LogP contribution in [0.15, 0.2) is 48.5 Å². The van der Waals surface area contributed by atoms with E-state index >= 15 is 0 Å². The summed E-state index contributed by atoms with van der Waals surface area (Å²) >= 11 is 5.72. The van der Waals surface area contributed by atoms with Crippen molar-refractivity contribution in [1.29, 1.82) is 0 Å². The Hall–Kier alpha value is -1.81. The van der Waals surface area contributed by atoms with E-state index in [9.17, 15) is 18.0 Å². The molecule has 0 unspecified atom stereocenters. The van der Waals surface area contributed by atoms with Crippen molar-refractivity contribution in [2.45, 2.75) is 12.6 Å². The van der Waals surface area contributed by atoms with Gasteiger partial charge in [-0.3, -0.25) is 4.79 Å². The number of ketones is 1. The second-order valence-electron chi connectivity index (χ2n) is 4.30. The molecule has 0 radical (unpaired) electrons. The average Bonchev–Trinajstić information content (AvgIpc) is 2.39. The highest BCUT2D eigenvalue weighted by Crippen LogP contribution is 2.29. The lowest BCUT2D eigenvalue weighted by molar-refractivity contribution is -0.137. The Kier molecular flexibility index (Phi) is 4.14. The van der Waals surface area contributed by atoms with Crippen LogP contribution in [0.25, 0.3) is 0 Å². The molecule has 0 aliphatic heterocycles. The van der Waals surface area contributed by atoms with Gasteiger partial charge in [0.1, 0.15) is 0 Å². The number of carbonyl (C=O) groups is 1. The van der Waals surface area contributed by atoms with Crippen molar-refractivity contribution in [2.24, 2.45) is 0 Å². The van der Waals surface area contributed by atoms with Gasteiger partial charge in [0.05, 0.1) is 5.56 Å². The van der Waals surface area contributed by atoms with E-state index in [1.54, 1.807) is 24.3 Å². The lowest BCUT2D eigenvalue weighted by Crippen LogP contribution is -2.06. The van der Waals surface area contributed by atoms with Gasteiger partial charge in [-0.15, -0.1) is 0 Å². The third-order valence-electron chi connectivity index (χ3n) is 2.81. The SMILES string of the molecule is O=C(Cc1ccc(C(F)(F)F)cc1)c1ccc(Cl)cc1. The summed E-state index contributed by atoms with van der Waals surface area (Å²) in [5, 5.41) is 0.524. The van der Waals surface area contributed by atoms with E-state index in [0.29, 0.717) is 16.1 Å². The van der Waals surface area contributed by atoms with Crippen LogP contribution in [0, 0.1) is 0 Å². The maximum absolute atomic E-state index is 12.4. The summed E-state index contributed by atoms with van der Waals surface area (Å²) in [6.07, 6.45) is -4.31. The van der Waals surface area contributed by atoms with Gasteiger partial charge in [-0.05, 0) is 42.0 Å². The van der Waals surface area contributed by atoms with Crippen molar-refractivity contribution in [3.63, 3.8) is 0 Å². The highest BCUT2D eigenvalue weighted by atomic mass is 35.5. The summed E-state index contributed by atoms with van der Waals surface area (Å²) in [6, 6.07) is 11.0. The molecular formula is C15H10ClF3O. The van der Waals surface area contributed by atoms with Crippen molar-refractivity contribution in [2.75, 3.05) is 0 Å². The van der Waals surface area contributed by atoms with E-state index in [1.165, 1.54) is 12.1 Å². The summed E-state index contributed by atoms with van der Waals surface area (Å²) in [4.78, 5) is 11.9. The van der Waals surface area contributed by atoms with E-state index in [-0.39, 0.29) is 12.2 Å². The van der Waals surface area contributed by atoms with Crippen molar-refractivity contribution < 1.29 is 18.0 Å². The van der Waals surface area contributed by atoms with Gasteiger partial charge >= 0.3 is 6.18 Å². The maximum Gasteiger partial charge on any atom is 0.416 e. The molecule has 20 heavy (non-hydrogen) atoms. The smallest absolute Gasteiger partial charge is 0.294 e.